The number of nitrogens with one attached hydrogen (secondary N) is 1. The molecule has 0 radical (unpaired) electrons. The average molecular weight is 478 g/mol. The number of ether oxygens (including phenoxy) is 2. The van der Waals surface area contributed by atoms with Crippen molar-refractivity contribution in [2.45, 2.75) is 19.6 Å². The van der Waals surface area contributed by atoms with Gasteiger partial charge in [0.1, 0.15) is 5.52 Å². The molecular formula is C20H14BrClN2O5. The highest BCUT2D eigenvalue weighted by atomic mass is 79.9. The smallest absolute Gasteiger partial charge is 0.350 e. The molecule has 0 bridgehead atoms. The van der Waals surface area contributed by atoms with E-state index < -0.39 is 17.7 Å². The second kappa shape index (κ2) is 7.20. The predicted octanol–water partition coefficient (Wildman–Crippen LogP) is 5.04. The largest absolute Gasteiger partial charge is 0.436 e. The zero-order valence-corrected chi connectivity index (χ0v) is 17.6. The van der Waals surface area contributed by atoms with E-state index in [1.807, 2.05) is 12.1 Å². The molecule has 0 amide bonds. The number of nitrogens with zero attached hydrogens (tertiary/aromatic N) is 1. The number of hydrogen-bond donors (Lipinski definition) is 1. The molecule has 148 valence electrons. The van der Waals surface area contributed by atoms with Crippen molar-refractivity contribution in [1.29, 1.82) is 0 Å². The Kier molecular flexibility index (Phi) is 4.84. The Hall–Kier alpha value is -2.84. The van der Waals surface area contributed by atoms with Crippen LogP contribution in [-0.4, -0.2) is 22.7 Å². The molecule has 1 N–H and O–H groups in total. The summed E-state index contributed by atoms with van der Waals surface area (Å²) in [5.74, 6) is -2.42. The second-order valence-corrected chi connectivity index (χ2v) is 8.03. The van der Waals surface area contributed by atoms with Gasteiger partial charge in [-0.05, 0) is 36.4 Å². The first-order valence-electron chi connectivity index (χ1n) is 8.51. The molecule has 7 nitrogen and oxygen atoms in total. The zero-order valence-electron chi connectivity index (χ0n) is 15.3. The molecule has 0 atom stereocenters. The standard InChI is InChI=1S/C20H14BrClN2O5/c1-20(2)28-18(25)13(19(26)29-20)9-23-11-4-6-16-15(8-11)24-17(27-16)12-7-10(21)3-5-14(12)22/h3-9,23H,1-2H3. The molecule has 2 heterocycles. The lowest BCUT2D eigenvalue weighted by molar-refractivity contribution is -0.222. The van der Waals surface area contributed by atoms with Gasteiger partial charge in [0.2, 0.25) is 5.89 Å². The van der Waals surface area contributed by atoms with Gasteiger partial charge < -0.3 is 19.2 Å². The van der Waals surface area contributed by atoms with E-state index in [0.29, 0.717) is 33.3 Å². The number of aromatic nitrogens is 1. The van der Waals surface area contributed by atoms with Crippen molar-refractivity contribution in [3.63, 3.8) is 0 Å². The average Bonchev–Trinajstić information content (AvgIpc) is 3.05. The summed E-state index contributed by atoms with van der Waals surface area (Å²) < 4.78 is 16.7. The zero-order chi connectivity index (χ0) is 20.8. The van der Waals surface area contributed by atoms with Crippen molar-refractivity contribution in [3.05, 3.63) is 57.7 Å². The quantitative estimate of drug-likeness (QED) is 0.321. The number of cyclic esters (lactones) is 2. The van der Waals surface area contributed by atoms with Gasteiger partial charge in [-0.1, -0.05) is 27.5 Å². The SMILES string of the molecule is CC1(C)OC(=O)C(=CNc2ccc3oc(-c4cc(Br)ccc4Cl)nc3c2)C(=O)O1. The summed E-state index contributed by atoms with van der Waals surface area (Å²) in [6.45, 7) is 2.97. The molecule has 3 aromatic rings. The number of carbonyl (C=O) groups excluding carboxylic acids is 2. The van der Waals surface area contributed by atoms with E-state index >= 15 is 0 Å². The lowest BCUT2D eigenvalue weighted by atomic mass is 10.2. The van der Waals surface area contributed by atoms with Gasteiger partial charge in [-0.2, -0.15) is 0 Å². The molecule has 2 aromatic carbocycles. The lowest BCUT2D eigenvalue weighted by Gasteiger charge is -2.29. The van der Waals surface area contributed by atoms with E-state index in [2.05, 4.69) is 26.2 Å². The van der Waals surface area contributed by atoms with Crippen molar-refractivity contribution in [3.8, 4) is 11.5 Å². The lowest BCUT2D eigenvalue weighted by Crippen LogP contribution is -2.42. The van der Waals surface area contributed by atoms with Crippen LogP contribution >= 0.6 is 27.5 Å². The minimum atomic E-state index is -1.28. The molecule has 1 aromatic heterocycles. The van der Waals surface area contributed by atoms with Crippen LogP contribution in [0.1, 0.15) is 13.8 Å². The highest BCUT2D eigenvalue weighted by Gasteiger charge is 2.38. The minimum absolute atomic E-state index is 0.230. The Morgan fingerprint density at radius 1 is 1.10 bits per heavy atom. The number of hydrogen-bond acceptors (Lipinski definition) is 7. The highest BCUT2D eigenvalue weighted by molar-refractivity contribution is 9.10. The first-order chi connectivity index (χ1) is 13.7. The van der Waals surface area contributed by atoms with Gasteiger partial charge in [-0.15, -0.1) is 0 Å². The van der Waals surface area contributed by atoms with Crippen LogP contribution in [0, 0.1) is 0 Å². The summed E-state index contributed by atoms with van der Waals surface area (Å²) in [5, 5.41) is 3.40. The molecule has 4 rings (SSSR count). The fourth-order valence-electron chi connectivity index (χ4n) is 2.73. The number of fused-ring (bicyclic) bond motifs is 1. The summed E-state index contributed by atoms with van der Waals surface area (Å²) in [7, 11) is 0. The van der Waals surface area contributed by atoms with Gasteiger partial charge >= 0.3 is 11.9 Å². The maximum atomic E-state index is 12.0. The van der Waals surface area contributed by atoms with Crippen LogP contribution in [0.5, 0.6) is 0 Å². The number of carbonyl (C=O) groups is 2. The molecule has 1 fully saturated rings. The topological polar surface area (TPSA) is 90.7 Å². The fraction of sp³-hybridized carbons (Fsp3) is 0.150. The van der Waals surface area contributed by atoms with E-state index in [0.717, 1.165) is 4.47 Å². The van der Waals surface area contributed by atoms with Crippen LogP contribution in [-0.2, 0) is 19.1 Å². The summed E-state index contributed by atoms with van der Waals surface area (Å²) in [6, 6.07) is 10.6. The molecule has 0 spiro atoms. The molecule has 1 aliphatic rings. The molecule has 29 heavy (non-hydrogen) atoms. The molecule has 9 heteroatoms. The maximum absolute atomic E-state index is 12.0. The van der Waals surface area contributed by atoms with E-state index in [4.69, 9.17) is 25.5 Å². The molecular weight excluding hydrogens is 464 g/mol. The predicted molar refractivity (Wildman–Crippen MR) is 110 cm³/mol. The monoisotopic (exact) mass is 476 g/mol. The van der Waals surface area contributed by atoms with Gasteiger partial charge in [0.15, 0.2) is 11.2 Å². The number of anilines is 1. The molecule has 1 aliphatic heterocycles. The van der Waals surface area contributed by atoms with Crippen molar-refractivity contribution in [2.24, 2.45) is 0 Å². The molecule has 0 unspecified atom stereocenters. The third-order valence-corrected chi connectivity index (χ3v) is 4.87. The van der Waals surface area contributed by atoms with Crippen molar-refractivity contribution in [1.82, 2.24) is 4.98 Å². The fourth-order valence-corrected chi connectivity index (χ4v) is 3.29. The van der Waals surface area contributed by atoms with Crippen LogP contribution < -0.4 is 5.32 Å². The second-order valence-electron chi connectivity index (χ2n) is 6.71. The number of oxazole rings is 1. The number of benzene rings is 2. The summed E-state index contributed by atoms with van der Waals surface area (Å²) in [4.78, 5) is 28.5. The van der Waals surface area contributed by atoms with Gasteiger partial charge in [0.25, 0.3) is 5.79 Å². The number of halogens is 2. The van der Waals surface area contributed by atoms with E-state index in [9.17, 15) is 9.59 Å². The third-order valence-electron chi connectivity index (χ3n) is 4.05. The van der Waals surface area contributed by atoms with Gasteiger partial charge in [0.05, 0.1) is 10.6 Å². The van der Waals surface area contributed by atoms with Gasteiger partial charge in [-0.25, -0.2) is 14.6 Å². The van der Waals surface area contributed by atoms with Crippen LogP contribution in [0.25, 0.3) is 22.6 Å². The highest BCUT2D eigenvalue weighted by Crippen LogP contribution is 2.33. The Morgan fingerprint density at radius 3 is 2.55 bits per heavy atom. The van der Waals surface area contributed by atoms with Crippen molar-refractivity contribution in [2.75, 3.05) is 5.32 Å². The first-order valence-corrected chi connectivity index (χ1v) is 9.68. The van der Waals surface area contributed by atoms with Crippen molar-refractivity contribution < 1.29 is 23.5 Å². The van der Waals surface area contributed by atoms with Gasteiger partial charge in [-0.3, -0.25) is 0 Å². The van der Waals surface area contributed by atoms with Crippen LogP contribution in [0.3, 0.4) is 0 Å². The van der Waals surface area contributed by atoms with E-state index in [1.54, 1.807) is 24.3 Å². The molecule has 1 saturated heterocycles. The summed E-state index contributed by atoms with van der Waals surface area (Å²) >= 11 is 9.65. The Morgan fingerprint density at radius 2 is 1.83 bits per heavy atom. The molecule has 0 saturated carbocycles. The number of esters is 2. The Labute approximate surface area is 178 Å². The number of rotatable bonds is 3. The summed E-state index contributed by atoms with van der Waals surface area (Å²) in [5.41, 5.74) is 2.16. The first kappa shape index (κ1) is 19.5. The van der Waals surface area contributed by atoms with Crippen LogP contribution in [0.15, 0.2) is 57.1 Å². The maximum Gasteiger partial charge on any atom is 0.350 e. The Balaban J connectivity index is 1.61. The van der Waals surface area contributed by atoms with Crippen LogP contribution in [0.4, 0.5) is 5.69 Å². The van der Waals surface area contributed by atoms with E-state index in [1.165, 1.54) is 20.0 Å². The van der Waals surface area contributed by atoms with Crippen molar-refractivity contribution >= 4 is 56.3 Å². The third kappa shape index (κ3) is 3.99. The van der Waals surface area contributed by atoms with E-state index in [-0.39, 0.29) is 5.57 Å². The molecule has 0 aliphatic carbocycles. The van der Waals surface area contributed by atoms with Gasteiger partial charge in [0, 0.05) is 30.2 Å². The Bertz CT molecular complexity index is 1160. The minimum Gasteiger partial charge on any atom is -0.436 e. The van der Waals surface area contributed by atoms with Crippen LogP contribution in [0.2, 0.25) is 5.02 Å². The normalized spacial score (nSPS) is 15.8. The summed E-state index contributed by atoms with van der Waals surface area (Å²) in [6.07, 6.45) is 1.24.